The summed E-state index contributed by atoms with van der Waals surface area (Å²) in [6.45, 7) is 2.06. The first-order chi connectivity index (χ1) is 10.3. The summed E-state index contributed by atoms with van der Waals surface area (Å²) in [5.74, 6) is -1.09. The van der Waals surface area contributed by atoms with Crippen LogP contribution in [0.15, 0.2) is 35.2 Å². The maximum absolute atomic E-state index is 12.9. The van der Waals surface area contributed by atoms with Gasteiger partial charge in [0.05, 0.1) is 5.02 Å². The Labute approximate surface area is 135 Å². The van der Waals surface area contributed by atoms with E-state index in [1.54, 1.807) is 25.1 Å². The number of halogens is 1. The number of carbonyl (C=O) groups is 1. The number of carboxylic acids is 1. The minimum absolute atomic E-state index is 0.104. The van der Waals surface area contributed by atoms with Gasteiger partial charge < -0.3 is 5.11 Å². The van der Waals surface area contributed by atoms with Crippen LogP contribution in [-0.4, -0.2) is 36.4 Å². The van der Waals surface area contributed by atoms with Crippen LogP contribution in [0.1, 0.15) is 24.8 Å². The second-order valence-electron chi connectivity index (χ2n) is 5.26. The number of hydrogen-bond acceptors (Lipinski definition) is 3. The fourth-order valence-corrected chi connectivity index (χ4v) is 5.12. The third-order valence-corrected chi connectivity index (χ3v) is 6.25. The van der Waals surface area contributed by atoms with Gasteiger partial charge in [-0.2, -0.15) is 4.31 Å². The van der Waals surface area contributed by atoms with E-state index in [9.17, 15) is 13.2 Å². The number of aliphatic carboxylic acids is 1. The molecule has 1 fully saturated rings. The molecule has 1 aliphatic heterocycles. The van der Waals surface area contributed by atoms with E-state index in [-0.39, 0.29) is 9.92 Å². The van der Waals surface area contributed by atoms with Crippen molar-refractivity contribution >= 4 is 27.6 Å². The molecule has 5 nitrogen and oxygen atoms in total. The first-order valence-corrected chi connectivity index (χ1v) is 8.84. The lowest BCUT2D eigenvalue weighted by Crippen LogP contribution is -2.43. The molecule has 0 saturated carbocycles. The molecule has 0 aliphatic carbocycles. The molecule has 0 aromatic heterocycles. The molecule has 1 N–H and O–H groups in total. The number of rotatable bonds is 4. The van der Waals surface area contributed by atoms with E-state index >= 15 is 0 Å². The van der Waals surface area contributed by atoms with Gasteiger partial charge in [0.15, 0.2) is 0 Å². The number of carboxylic acid groups (broad SMARTS) is 1. The maximum atomic E-state index is 12.9. The highest BCUT2D eigenvalue weighted by Crippen LogP contribution is 2.32. The summed E-state index contributed by atoms with van der Waals surface area (Å²) in [7, 11) is -3.76. The van der Waals surface area contributed by atoms with Crippen LogP contribution in [0.2, 0.25) is 5.02 Å². The predicted molar refractivity (Wildman–Crippen MR) is 84.5 cm³/mol. The van der Waals surface area contributed by atoms with E-state index in [1.165, 1.54) is 10.4 Å². The minimum Gasteiger partial charge on any atom is -0.478 e. The lowest BCUT2D eigenvalue weighted by molar-refractivity contribution is -0.131. The first-order valence-electron chi connectivity index (χ1n) is 7.02. The molecule has 1 aromatic carbocycles. The van der Waals surface area contributed by atoms with Crippen LogP contribution in [0.3, 0.4) is 0 Å². The molecule has 1 unspecified atom stereocenters. The van der Waals surface area contributed by atoms with E-state index < -0.39 is 22.0 Å². The van der Waals surface area contributed by atoms with Gasteiger partial charge in [-0.1, -0.05) is 36.2 Å². The Morgan fingerprint density at radius 2 is 2.14 bits per heavy atom. The van der Waals surface area contributed by atoms with E-state index in [1.807, 2.05) is 0 Å². The van der Waals surface area contributed by atoms with Crippen molar-refractivity contribution in [1.29, 1.82) is 0 Å². The van der Waals surface area contributed by atoms with Crippen LogP contribution < -0.4 is 0 Å². The smallest absolute Gasteiger partial charge is 0.328 e. The standard InChI is InChI=1S/C15H18ClNO4S/c1-11-5-4-7-13(16)15(11)22(20,21)17-10-3-2-6-12(17)8-9-14(18)19/h4-5,7-9,12H,2-3,6,10H2,1H3,(H,18,19). The monoisotopic (exact) mass is 343 g/mol. The minimum atomic E-state index is -3.76. The number of aryl methyl sites for hydroxylation is 1. The molecule has 1 aliphatic rings. The number of sulfonamides is 1. The molecule has 22 heavy (non-hydrogen) atoms. The summed E-state index contributed by atoms with van der Waals surface area (Å²) in [5, 5.41) is 8.95. The molecule has 0 spiro atoms. The predicted octanol–water partition coefficient (Wildman–Crippen LogP) is 2.83. The van der Waals surface area contributed by atoms with Crippen molar-refractivity contribution in [1.82, 2.24) is 4.31 Å². The fourth-order valence-electron chi connectivity index (χ4n) is 2.68. The highest BCUT2D eigenvalue weighted by Gasteiger charge is 2.34. The molecule has 1 atom stereocenters. The van der Waals surface area contributed by atoms with Crippen molar-refractivity contribution in [2.45, 2.75) is 37.1 Å². The topological polar surface area (TPSA) is 74.7 Å². The quantitative estimate of drug-likeness (QED) is 0.853. The van der Waals surface area contributed by atoms with Gasteiger partial charge in [0.1, 0.15) is 4.90 Å². The molecule has 2 rings (SSSR count). The summed E-state index contributed by atoms with van der Waals surface area (Å²) >= 11 is 6.09. The first kappa shape index (κ1) is 17.0. The molecule has 7 heteroatoms. The number of hydrogen-bond donors (Lipinski definition) is 1. The summed E-state index contributed by atoms with van der Waals surface area (Å²) in [4.78, 5) is 10.8. The zero-order chi connectivity index (χ0) is 16.3. The van der Waals surface area contributed by atoms with Gasteiger partial charge in [-0.05, 0) is 31.4 Å². The Morgan fingerprint density at radius 3 is 2.77 bits per heavy atom. The van der Waals surface area contributed by atoms with Crippen molar-refractivity contribution in [2.24, 2.45) is 0 Å². The van der Waals surface area contributed by atoms with Gasteiger partial charge >= 0.3 is 5.97 Å². The van der Waals surface area contributed by atoms with Crippen LogP contribution in [0, 0.1) is 6.92 Å². The molecule has 0 bridgehead atoms. The van der Waals surface area contributed by atoms with Crippen LogP contribution in [0.5, 0.6) is 0 Å². The highest BCUT2D eigenvalue weighted by atomic mass is 35.5. The van der Waals surface area contributed by atoms with Crippen LogP contribution in [0.4, 0.5) is 0 Å². The van der Waals surface area contributed by atoms with Crippen LogP contribution in [-0.2, 0) is 14.8 Å². The Bertz CT molecular complexity index is 679. The molecule has 120 valence electrons. The van der Waals surface area contributed by atoms with Crippen molar-refractivity contribution < 1.29 is 18.3 Å². The van der Waals surface area contributed by atoms with Gasteiger partial charge in [-0.15, -0.1) is 0 Å². The second kappa shape index (κ2) is 6.81. The number of piperidine rings is 1. The van der Waals surface area contributed by atoms with E-state index in [4.69, 9.17) is 16.7 Å². The Hall–Kier alpha value is -1.37. The van der Waals surface area contributed by atoms with Gasteiger partial charge in [-0.3, -0.25) is 0 Å². The summed E-state index contributed by atoms with van der Waals surface area (Å²) in [6.07, 6.45) is 4.65. The second-order valence-corrected chi connectivity index (χ2v) is 7.50. The molecule has 1 saturated heterocycles. The average Bonchev–Trinajstić information content (AvgIpc) is 2.45. The third kappa shape index (κ3) is 3.51. The van der Waals surface area contributed by atoms with Crippen molar-refractivity contribution in [2.75, 3.05) is 6.54 Å². The molecular formula is C15H18ClNO4S. The Balaban J connectivity index is 2.43. The zero-order valence-corrected chi connectivity index (χ0v) is 13.8. The van der Waals surface area contributed by atoms with Crippen molar-refractivity contribution in [3.8, 4) is 0 Å². The summed E-state index contributed by atoms with van der Waals surface area (Å²) < 4.78 is 27.2. The average molecular weight is 344 g/mol. The lowest BCUT2D eigenvalue weighted by Gasteiger charge is -2.33. The van der Waals surface area contributed by atoms with Gasteiger partial charge in [-0.25, -0.2) is 13.2 Å². The molecule has 1 heterocycles. The molecular weight excluding hydrogens is 326 g/mol. The zero-order valence-electron chi connectivity index (χ0n) is 12.2. The Kier molecular flexibility index (Phi) is 5.26. The van der Waals surface area contributed by atoms with E-state index in [0.29, 0.717) is 18.5 Å². The fraction of sp³-hybridized carbons (Fsp3) is 0.400. The molecule has 0 amide bonds. The highest BCUT2D eigenvalue weighted by molar-refractivity contribution is 7.89. The third-order valence-electron chi connectivity index (χ3n) is 3.69. The number of benzene rings is 1. The number of nitrogens with zero attached hydrogens (tertiary/aromatic N) is 1. The largest absolute Gasteiger partial charge is 0.478 e. The lowest BCUT2D eigenvalue weighted by atomic mass is 10.0. The Morgan fingerprint density at radius 1 is 1.41 bits per heavy atom. The van der Waals surface area contributed by atoms with Crippen LogP contribution in [0.25, 0.3) is 0 Å². The summed E-state index contributed by atoms with van der Waals surface area (Å²) in [6, 6.07) is 4.50. The van der Waals surface area contributed by atoms with Crippen molar-refractivity contribution in [3.63, 3.8) is 0 Å². The maximum Gasteiger partial charge on any atom is 0.328 e. The SMILES string of the molecule is Cc1cccc(Cl)c1S(=O)(=O)N1CCCCC1C=CC(=O)O. The van der Waals surface area contributed by atoms with Crippen molar-refractivity contribution in [3.05, 3.63) is 40.9 Å². The summed E-state index contributed by atoms with van der Waals surface area (Å²) in [5.41, 5.74) is 0.582. The normalized spacial score (nSPS) is 20.4. The van der Waals surface area contributed by atoms with E-state index in [2.05, 4.69) is 0 Å². The van der Waals surface area contributed by atoms with Crippen LogP contribution >= 0.6 is 11.6 Å². The molecule has 1 aromatic rings. The van der Waals surface area contributed by atoms with Gasteiger partial charge in [0.2, 0.25) is 10.0 Å². The van der Waals surface area contributed by atoms with Gasteiger partial charge in [0, 0.05) is 18.7 Å². The van der Waals surface area contributed by atoms with E-state index in [0.717, 1.165) is 18.9 Å². The molecule has 0 radical (unpaired) electrons. The van der Waals surface area contributed by atoms with Gasteiger partial charge in [0.25, 0.3) is 0 Å².